The Labute approximate surface area is 180 Å². The van der Waals surface area contributed by atoms with Gasteiger partial charge < -0.3 is 4.74 Å². The summed E-state index contributed by atoms with van der Waals surface area (Å²) in [4.78, 5) is 17.4. The fourth-order valence-corrected chi connectivity index (χ4v) is 3.59. The first kappa shape index (κ1) is 21.5. The van der Waals surface area contributed by atoms with Crippen molar-refractivity contribution >= 4 is 28.6 Å². The summed E-state index contributed by atoms with van der Waals surface area (Å²) in [6, 6.07) is 13.8. The van der Waals surface area contributed by atoms with Crippen LogP contribution >= 0.6 is 11.3 Å². The van der Waals surface area contributed by atoms with E-state index >= 15 is 0 Å². The first-order valence-corrected chi connectivity index (χ1v) is 10.5. The van der Waals surface area contributed by atoms with E-state index in [2.05, 4.69) is 16.2 Å². The highest BCUT2D eigenvalue weighted by Gasteiger charge is 2.29. The molecule has 0 atom stereocenters. The molecule has 30 heavy (non-hydrogen) atoms. The Morgan fingerprint density at radius 3 is 2.57 bits per heavy atom. The molecule has 0 bridgehead atoms. The molecule has 7 heteroatoms. The first-order chi connectivity index (χ1) is 14.2. The Morgan fingerprint density at radius 2 is 1.97 bits per heavy atom. The van der Waals surface area contributed by atoms with Gasteiger partial charge in [0.2, 0.25) is 0 Å². The van der Waals surface area contributed by atoms with Crippen LogP contribution in [0.1, 0.15) is 44.8 Å². The predicted molar refractivity (Wildman–Crippen MR) is 118 cm³/mol. The van der Waals surface area contributed by atoms with Crippen molar-refractivity contribution in [2.45, 2.75) is 41.2 Å². The second-order valence-corrected chi connectivity index (χ2v) is 8.70. The summed E-state index contributed by atoms with van der Waals surface area (Å²) in [5, 5.41) is 17.1. The number of ether oxygens (including phenoxy) is 1. The molecule has 0 aliphatic heterocycles. The van der Waals surface area contributed by atoms with Gasteiger partial charge in [-0.2, -0.15) is 10.4 Å². The van der Waals surface area contributed by atoms with E-state index in [1.807, 2.05) is 55.6 Å². The smallest absolute Gasteiger partial charge is 0.316 e. The van der Waals surface area contributed by atoms with Gasteiger partial charge in [-0.25, -0.2) is 4.98 Å². The van der Waals surface area contributed by atoms with Gasteiger partial charge in [0.1, 0.15) is 22.3 Å². The summed E-state index contributed by atoms with van der Waals surface area (Å²) in [7, 11) is 0. The summed E-state index contributed by atoms with van der Waals surface area (Å²) in [5.41, 5.74) is 2.28. The Balaban J connectivity index is 2.17. The Bertz CT molecular complexity index is 1130. The van der Waals surface area contributed by atoms with Crippen LogP contribution in [0, 0.1) is 23.7 Å². The van der Waals surface area contributed by atoms with Crippen LogP contribution in [-0.2, 0) is 16.1 Å². The molecule has 0 radical (unpaired) electrons. The topological polar surface area (TPSA) is 80.8 Å². The van der Waals surface area contributed by atoms with Crippen molar-refractivity contribution < 1.29 is 9.53 Å². The van der Waals surface area contributed by atoms with Gasteiger partial charge >= 0.3 is 5.97 Å². The van der Waals surface area contributed by atoms with Gasteiger partial charge in [0.25, 0.3) is 0 Å². The number of allylic oxidation sites excluding steroid dienone is 1. The molecule has 2 aromatic heterocycles. The number of nitriles is 1. The number of hydrogen-bond donors (Lipinski definition) is 0. The summed E-state index contributed by atoms with van der Waals surface area (Å²) >= 11 is 1.44. The minimum atomic E-state index is -0.727. The number of thiazole rings is 1. The van der Waals surface area contributed by atoms with E-state index in [0.717, 1.165) is 16.3 Å². The summed E-state index contributed by atoms with van der Waals surface area (Å²) < 4.78 is 7.53. The normalized spacial score (nSPS) is 12.3. The zero-order chi connectivity index (χ0) is 21.9. The number of benzene rings is 1. The van der Waals surface area contributed by atoms with Gasteiger partial charge in [0, 0.05) is 17.5 Å². The van der Waals surface area contributed by atoms with Gasteiger partial charge in [-0.1, -0.05) is 30.3 Å². The maximum Gasteiger partial charge on any atom is 0.316 e. The minimum absolute atomic E-state index is 0.185. The number of nitrogens with zero attached hydrogens (tertiary/aromatic N) is 4. The molecule has 0 unspecified atom stereocenters. The number of esters is 1. The Morgan fingerprint density at radius 1 is 1.27 bits per heavy atom. The summed E-state index contributed by atoms with van der Waals surface area (Å²) in [6.07, 6.45) is 0. The van der Waals surface area contributed by atoms with Crippen molar-refractivity contribution in [2.75, 3.05) is 0 Å². The van der Waals surface area contributed by atoms with Crippen molar-refractivity contribution in [1.82, 2.24) is 14.8 Å². The van der Waals surface area contributed by atoms with E-state index in [0.29, 0.717) is 17.9 Å². The number of hydrogen-bond acceptors (Lipinski definition) is 6. The number of aromatic nitrogens is 3. The van der Waals surface area contributed by atoms with E-state index in [9.17, 15) is 10.1 Å². The molecule has 0 spiro atoms. The van der Waals surface area contributed by atoms with Gasteiger partial charge in [-0.05, 0) is 40.7 Å². The highest BCUT2D eigenvalue weighted by Crippen LogP contribution is 2.33. The molecule has 1 aromatic carbocycles. The molecular weight excluding hydrogens is 396 g/mol. The van der Waals surface area contributed by atoms with Crippen LogP contribution < -0.4 is 0 Å². The number of carbonyl (C=O) groups is 1. The molecule has 2 heterocycles. The monoisotopic (exact) mass is 420 g/mol. The van der Waals surface area contributed by atoms with E-state index in [1.54, 1.807) is 25.5 Å². The fourth-order valence-electron chi connectivity index (χ4n) is 2.77. The lowest BCUT2D eigenvalue weighted by molar-refractivity contribution is -0.145. The minimum Gasteiger partial charge on any atom is -0.422 e. The van der Waals surface area contributed by atoms with E-state index in [1.165, 1.54) is 11.3 Å². The third kappa shape index (κ3) is 4.50. The van der Waals surface area contributed by atoms with Gasteiger partial charge in [-0.3, -0.25) is 9.48 Å². The molecular formula is C23H24N4O2S. The summed E-state index contributed by atoms with van der Waals surface area (Å²) in [6.45, 7) is 9.71. The molecule has 0 aliphatic carbocycles. The van der Waals surface area contributed by atoms with Gasteiger partial charge in [-0.15, -0.1) is 11.3 Å². The summed E-state index contributed by atoms with van der Waals surface area (Å²) in [5.74, 6) is -0.241. The number of rotatable bonds is 5. The quantitative estimate of drug-likeness (QED) is 0.317. The maximum absolute atomic E-state index is 12.7. The third-order valence-electron chi connectivity index (χ3n) is 4.36. The molecule has 0 amide bonds. The Kier molecular flexibility index (Phi) is 6.18. The third-order valence-corrected chi connectivity index (χ3v) is 5.25. The van der Waals surface area contributed by atoms with E-state index < -0.39 is 11.4 Å². The number of aryl methyl sites for hydroxylation is 2. The SMILES string of the molecule is CCn1nc(C)cc1/C(OC(=O)C(C)(C)C)=C(\C#N)c1csc(-c2ccccc2)n1. The molecule has 0 aliphatic rings. The lowest BCUT2D eigenvalue weighted by Crippen LogP contribution is -2.23. The standard InChI is InChI=1S/C23H24N4O2S/c1-6-27-19(12-15(2)26-27)20(29-22(28)23(3,4)5)17(13-24)18-14-30-21(25-18)16-10-8-7-9-11-16/h7-12,14H,6H2,1-5H3/b20-17-. The molecule has 0 N–H and O–H groups in total. The van der Waals surface area contributed by atoms with Crippen LogP contribution in [0.4, 0.5) is 0 Å². The van der Waals surface area contributed by atoms with Gasteiger partial charge in [0.05, 0.1) is 16.8 Å². The highest BCUT2D eigenvalue weighted by atomic mass is 32.1. The molecule has 0 saturated heterocycles. The Hall–Kier alpha value is -3.24. The first-order valence-electron chi connectivity index (χ1n) is 9.67. The molecule has 6 nitrogen and oxygen atoms in total. The van der Waals surface area contributed by atoms with Crippen LogP contribution in [0.25, 0.3) is 21.9 Å². The van der Waals surface area contributed by atoms with Crippen LogP contribution in [0.2, 0.25) is 0 Å². The van der Waals surface area contributed by atoms with Crippen LogP contribution in [-0.4, -0.2) is 20.7 Å². The van der Waals surface area contributed by atoms with Crippen LogP contribution in [0.5, 0.6) is 0 Å². The molecule has 0 saturated carbocycles. The van der Waals surface area contributed by atoms with Crippen molar-refractivity contribution in [1.29, 1.82) is 5.26 Å². The second-order valence-electron chi connectivity index (χ2n) is 7.85. The van der Waals surface area contributed by atoms with Crippen LogP contribution in [0.15, 0.2) is 41.8 Å². The molecule has 3 rings (SSSR count). The van der Waals surface area contributed by atoms with Gasteiger partial charge in [0.15, 0.2) is 5.76 Å². The average Bonchev–Trinajstić information content (AvgIpc) is 3.34. The molecule has 3 aromatic rings. The largest absolute Gasteiger partial charge is 0.422 e. The van der Waals surface area contributed by atoms with Crippen LogP contribution in [0.3, 0.4) is 0 Å². The number of carbonyl (C=O) groups excluding carboxylic acids is 1. The van der Waals surface area contributed by atoms with Crippen molar-refractivity contribution in [3.05, 3.63) is 58.9 Å². The van der Waals surface area contributed by atoms with Crippen molar-refractivity contribution in [3.8, 4) is 16.6 Å². The second kappa shape index (κ2) is 8.64. The zero-order valence-electron chi connectivity index (χ0n) is 17.8. The maximum atomic E-state index is 12.7. The zero-order valence-corrected chi connectivity index (χ0v) is 18.6. The fraction of sp³-hybridized carbons (Fsp3) is 0.304. The lowest BCUT2D eigenvalue weighted by atomic mass is 9.97. The van der Waals surface area contributed by atoms with E-state index in [-0.39, 0.29) is 11.3 Å². The van der Waals surface area contributed by atoms with E-state index in [4.69, 9.17) is 4.74 Å². The lowest BCUT2D eigenvalue weighted by Gasteiger charge is -2.19. The average molecular weight is 421 g/mol. The predicted octanol–water partition coefficient (Wildman–Crippen LogP) is 5.32. The highest BCUT2D eigenvalue weighted by molar-refractivity contribution is 7.13. The molecule has 154 valence electrons. The molecule has 0 fully saturated rings. The van der Waals surface area contributed by atoms with Crippen molar-refractivity contribution in [2.24, 2.45) is 5.41 Å². The van der Waals surface area contributed by atoms with Crippen molar-refractivity contribution in [3.63, 3.8) is 0 Å².